The summed E-state index contributed by atoms with van der Waals surface area (Å²) >= 11 is 0. The predicted molar refractivity (Wildman–Crippen MR) is 123 cm³/mol. The Morgan fingerprint density at radius 1 is 0.882 bits per heavy atom. The lowest BCUT2D eigenvalue weighted by Crippen LogP contribution is -2.46. The van der Waals surface area contributed by atoms with Gasteiger partial charge in [0.25, 0.3) is 0 Å². The quantitative estimate of drug-likeness (QED) is 0.481. The predicted octanol–water partition coefficient (Wildman–Crippen LogP) is 2.31. The molecule has 4 unspecified atom stereocenters. The van der Waals surface area contributed by atoms with Gasteiger partial charge in [-0.1, -0.05) is 6.08 Å². The summed E-state index contributed by atoms with van der Waals surface area (Å²) in [6.45, 7) is 0. The lowest BCUT2D eigenvalue weighted by molar-refractivity contribution is -0.123. The molecule has 0 bridgehead atoms. The topological polar surface area (TPSA) is 97.7 Å². The first-order valence-corrected chi connectivity index (χ1v) is 10.8. The van der Waals surface area contributed by atoms with E-state index in [1.165, 1.54) is 19.1 Å². The number of ketones is 1. The molecular formula is C25H23N3O6. The van der Waals surface area contributed by atoms with E-state index in [1.807, 2.05) is 6.08 Å². The van der Waals surface area contributed by atoms with Crippen molar-refractivity contribution >= 4 is 29.5 Å². The molecular weight excluding hydrogens is 438 g/mol. The van der Waals surface area contributed by atoms with E-state index >= 15 is 0 Å². The monoisotopic (exact) mass is 461 g/mol. The van der Waals surface area contributed by atoms with Crippen LogP contribution >= 0.6 is 0 Å². The van der Waals surface area contributed by atoms with Gasteiger partial charge in [0.05, 0.1) is 44.9 Å². The molecule has 0 N–H and O–H groups in total. The maximum Gasteiger partial charge on any atom is 0.240 e. The van der Waals surface area contributed by atoms with Crippen LogP contribution in [0.2, 0.25) is 0 Å². The number of benzene rings is 2. The van der Waals surface area contributed by atoms with Crippen LogP contribution in [0.1, 0.15) is 10.4 Å². The number of Topliss-reactive ketones (excluding diaryl/α,β-unsaturated/α-hetero) is 1. The zero-order valence-corrected chi connectivity index (χ0v) is 18.9. The molecule has 9 heteroatoms. The molecule has 3 heterocycles. The van der Waals surface area contributed by atoms with Crippen LogP contribution in [0.4, 0.5) is 5.69 Å². The second-order valence-electron chi connectivity index (χ2n) is 8.16. The van der Waals surface area contributed by atoms with Crippen molar-refractivity contribution in [1.29, 1.82) is 0 Å². The fraction of sp³-hybridized carbons (Fsp3) is 0.280. The molecule has 3 aliphatic rings. The van der Waals surface area contributed by atoms with Crippen LogP contribution in [0.3, 0.4) is 0 Å². The Labute approximate surface area is 196 Å². The highest BCUT2D eigenvalue weighted by atomic mass is 16.5. The number of carbonyl (C=O) groups excluding carboxylic acids is 3. The Hall–Kier alpha value is -4.14. The number of anilines is 1. The Kier molecular flexibility index (Phi) is 5.31. The van der Waals surface area contributed by atoms with Crippen molar-refractivity contribution in [2.24, 2.45) is 16.9 Å². The second kappa shape index (κ2) is 8.33. The highest BCUT2D eigenvalue weighted by Crippen LogP contribution is 2.46. The molecule has 0 aliphatic carbocycles. The normalized spacial score (nSPS) is 24.8. The smallest absolute Gasteiger partial charge is 0.240 e. The summed E-state index contributed by atoms with van der Waals surface area (Å²) in [6.07, 6.45) is 5.10. The number of imide groups is 1. The number of allylic oxidation sites excluding steroid dienone is 1. The Bertz CT molecular complexity index is 1220. The zero-order chi connectivity index (χ0) is 24.0. The van der Waals surface area contributed by atoms with E-state index in [9.17, 15) is 14.4 Å². The third-order valence-electron chi connectivity index (χ3n) is 6.56. The number of amides is 2. The van der Waals surface area contributed by atoms with Crippen LogP contribution < -0.4 is 19.1 Å². The summed E-state index contributed by atoms with van der Waals surface area (Å²) in [7, 11) is 4.54. The summed E-state index contributed by atoms with van der Waals surface area (Å²) in [5.41, 5.74) is 0.785. The summed E-state index contributed by atoms with van der Waals surface area (Å²) in [6, 6.07) is 10.1. The van der Waals surface area contributed by atoms with Crippen molar-refractivity contribution in [3.63, 3.8) is 0 Å². The average molecular weight is 461 g/mol. The molecule has 2 fully saturated rings. The number of carbonyl (C=O) groups is 3. The highest BCUT2D eigenvalue weighted by molar-refractivity contribution is 6.24. The summed E-state index contributed by atoms with van der Waals surface area (Å²) in [4.78, 5) is 42.1. The van der Waals surface area contributed by atoms with Crippen molar-refractivity contribution in [1.82, 2.24) is 5.01 Å². The third kappa shape index (κ3) is 3.15. The van der Waals surface area contributed by atoms with Crippen LogP contribution in [-0.2, 0) is 9.59 Å². The van der Waals surface area contributed by atoms with Crippen molar-refractivity contribution in [3.05, 3.63) is 60.2 Å². The number of ether oxygens (including phenoxy) is 3. The number of hydrogen-bond donors (Lipinski definition) is 0. The number of fused-ring (bicyclic) bond motifs is 3. The number of rotatable bonds is 6. The molecule has 4 atom stereocenters. The zero-order valence-electron chi connectivity index (χ0n) is 18.9. The molecule has 5 rings (SSSR count). The SMILES string of the molecule is COc1ccc(N2C(=O)C3C(C2=O)C(C(=O)c2ccc(OC)c(OC)c2)N2N=CC=CC32)cc1. The minimum absolute atomic E-state index is 0.316. The Morgan fingerprint density at radius 3 is 2.26 bits per heavy atom. The molecule has 0 aromatic heterocycles. The lowest BCUT2D eigenvalue weighted by Gasteiger charge is -2.30. The molecule has 9 nitrogen and oxygen atoms in total. The summed E-state index contributed by atoms with van der Waals surface area (Å²) < 4.78 is 15.8. The van der Waals surface area contributed by atoms with Crippen molar-refractivity contribution in [2.75, 3.05) is 26.2 Å². The fourth-order valence-corrected chi connectivity index (χ4v) is 4.98. The fourth-order valence-electron chi connectivity index (χ4n) is 4.98. The average Bonchev–Trinajstić information content (AvgIpc) is 3.35. The minimum Gasteiger partial charge on any atom is -0.497 e. The first-order valence-electron chi connectivity index (χ1n) is 10.8. The van der Waals surface area contributed by atoms with Crippen molar-refractivity contribution in [2.45, 2.75) is 12.1 Å². The number of methoxy groups -OCH3 is 3. The van der Waals surface area contributed by atoms with E-state index in [2.05, 4.69) is 5.10 Å². The van der Waals surface area contributed by atoms with Gasteiger partial charge in [-0.25, -0.2) is 4.90 Å². The molecule has 0 radical (unpaired) electrons. The van der Waals surface area contributed by atoms with Gasteiger partial charge in [-0.3, -0.25) is 19.4 Å². The molecule has 2 aromatic rings. The van der Waals surface area contributed by atoms with Crippen LogP contribution in [0, 0.1) is 11.8 Å². The lowest BCUT2D eigenvalue weighted by atomic mass is 9.86. The minimum atomic E-state index is -0.936. The molecule has 0 spiro atoms. The van der Waals surface area contributed by atoms with E-state index in [0.717, 1.165) is 0 Å². The summed E-state index contributed by atoms with van der Waals surface area (Å²) in [5.74, 6) is -1.19. The van der Waals surface area contributed by atoms with Gasteiger partial charge < -0.3 is 14.2 Å². The maximum atomic E-state index is 13.8. The largest absolute Gasteiger partial charge is 0.497 e. The van der Waals surface area contributed by atoms with Crippen molar-refractivity contribution < 1.29 is 28.6 Å². The van der Waals surface area contributed by atoms with Gasteiger partial charge in [-0.2, -0.15) is 5.10 Å². The van der Waals surface area contributed by atoms with Gasteiger partial charge in [0.2, 0.25) is 11.8 Å². The van der Waals surface area contributed by atoms with Crippen LogP contribution in [0.15, 0.2) is 59.7 Å². The van der Waals surface area contributed by atoms with Crippen LogP contribution in [0.5, 0.6) is 17.2 Å². The van der Waals surface area contributed by atoms with Crippen LogP contribution in [0.25, 0.3) is 0 Å². The maximum absolute atomic E-state index is 13.8. The molecule has 34 heavy (non-hydrogen) atoms. The first-order chi connectivity index (χ1) is 16.5. The van der Waals surface area contributed by atoms with Gasteiger partial charge in [0, 0.05) is 11.8 Å². The van der Waals surface area contributed by atoms with E-state index in [0.29, 0.717) is 28.5 Å². The van der Waals surface area contributed by atoms with E-state index < -0.39 is 29.8 Å². The molecule has 2 aromatic carbocycles. The standard InChI is InChI=1S/C25H23N3O6/c1-32-16-9-7-15(8-10-16)27-24(30)20-17-5-4-12-26-28(17)22(21(20)25(27)31)23(29)14-6-11-18(33-2)19(13-14)34-3/h4-13,17,20-22H,1-3H3. The van der Waals surface area contributed by atoms with Crippen molar-refractivity contribution in [3.8, 4) is 17.2 Å². The van der Waals surface area contributed by atoms with Gasteiger partial charge in [0.1, 0.15) is 11.8 Å². The molecule has 174 valence electrons. The van der Waals surface area contributed by atoms with Gasteiger partial charge in [-0.05, 0) is 48.5 Å². The number of hydrazone groups is 1. The summed E-state index contributed by atoms with van der Waals surface area (Å²) in [5, 5.41) is 5.95. The Morgan fingerprint density at radius 2 is 1.59 bits per heavy atom. The first kappa shape index (κ1) is 21.7. The number of nitrogens with zero attached hydrogens (tertiary/aromatic N) is 3. The number of hydrogen-bond acceptors (Lipinski definition) is 8. The van der Waals surface area contributed by atoms with E-state index in [1.54, 1.807) is 66.9 Å². The molecule has 2 saturated heterocycles. The van der Waals surface area contributed by atoms with Gasteiger partial charge >= 0.3 is 0 Å². The molecule has 3 aliphatic heterocycles. The molecule has 2 amide bonds. The highest BCUT2D eigenvalue weighted by Gasteiger charge is 2.64. The Balaban J connectivity index is 1.55. The van der Waals surface area contributed by atoms with E-state index in [-0.39, 0.29) is 11.7 Å². The van der Waals surface area contributed by atoms with Gasteiger partial charge in [0.15, 0.2) is 17.3 Å². The second-order valence-corrected chi connectivity index (χ2v) is 8.16. The van der Waals surface area contributed by atoms with E-state index in [4.69, 9.17) is 14.2 Å². The third-order valence-corrected chi connectivity index (χ3v) is 6.56. The molecule has 0 saturated carbocycles. The van der Waals surface area contributed by atoms with Gasteiger partial charge in [-0.15, -0.1) is 0 Å². The van der Waals surface area contributed by atoms with Crippen LogP contribution in [-0.4, -0.2) is 62.2 Å².